The summed E-state index contributed by atoms with van der Waals surface area (Å²) in [5.74, 6) is 0.308. The van der Waals surface area contributed by atoms with Crippen molar-refractivity contribution in [1.82, 2.24) is 4.98 Å². The zero-order chi connectivity index (χ0) is 7.56. The number of nitrogens with zero attached hydrogens (tertiary/aromatic N) is 1. The van der Waals surface area contributed by atoms with Crippen molar-refractivity contribution in [3.05, 3.63) is 5.38 Å². The van der Waals surface area contributed by atoms with Crippen LogP contribution < -0.4 is 11.1 Å². The van der Waals surface area contributed by atoms with Gasteiger partial charge in [-0.1, -0.05) is 0 Å². The number of amides is 1. The van der Waals surface area contributed by atoms with Crippen molar-refractivity contribution in [3.63, 3.8) is 0 Å². The maximum Gasteiger partial charge on any atom is 0.223 e. The van der Waals surface area contributed by atoms with Gasteiger partial charge in [0.25, 0.3) is 0 Å². The monoisotopic (exact) mass is 157 g/mol. The molecule has 0 aliphatic carbocycles. The van der Waals surface area contributed by atoms with Gasteiger partial charge in [-0.3, -0.25) is 4.79 Å². The van der Waals surface area contributed by atoms with E-state index in [-0.39, 0.29) is 5.91 Å². The summed E-state index contributed by atoms with van der Waals surface area (Å²) in [4.78, 5) is 14.3. The molecule has 3 N–H and O–H groups in total. The Morgan fingerprint density at radius 2 is 2.60 bits per heavy atom. The summed E-state index contributed by atoms with van der Waals surface area (Å²) in [7, 11) is 0. The average Bonchev–Trinajstić information content (AvgIpc) is 2.13. The lowest BCUT2D eigenvalue weighted by molar-refractivity contribution is -0.114. The first-order valence-corrected chi connectivity index (χ1v) is 3.55. The Kier molecular flexibility index (Phi) is 1.86. The van der Waals surface area contributed by atoms with E-state index < -0.39 is 0 Å². The standard InChI is InChI=1S/C5H7N3OS/c1-3(9)7-5-8-4(6)2-10-5/h2H,6H2,1H3,(H,7,8,9). The summed E-state index contributed by atoms with van der Waals surface area (Å²) in [6.07, 6.45) is 0. The minimum atomic E-state index is -0.130. The number of nitrogens with two attached hydrogens (primary N) is 1. The van der Waals surface area contributed by atoms with Crippen LogP contribution in [0.25, 0.3) is 0 Å². The van der Waals surface area contributed by atoms with Crippen molar-refractivity contribution >= 4 is 28.2 Å². The van der Waals surface area contributed by atoms with E-state index in [0.29, 0.717) is 10.9 Å². The maximum absolute atomic E-state index is 10.4. The van der Waals surface area contributed by atoms with Gasteiger partial charge in [-0.05, 0) is 0 Å². The molecule has 0 unspecified atom stereocenters. The fourth-order valence-electron chi connectivity index (χ4n) is 0.494. The SMILES string of the molecule is CC(=O)Nc1nc(N)cs1. The van der Waals surface area contributed by atoms with Crippen LogP contribution in [-0.2, 0) is 4.79 Å². The quantitative estimate of drug-likeness (QED) is 0.630. The van der Waals surface area contributed by atoms with Gasteiger partial charge in [0.1, 0.15) is 5.82 Å². The van der Waals surface area contributed by atoms with E-state index in [9.17, 15) is 4.79 Å². The third-order valence-corrected chi connectivity index (χ3v) is 1.58. The molecule has 0 spiro atoms. The Balaban J connectivity index is 2.67. The van der Waals surface area contributed by atoms with Gasteiger partial charge in [-0.15, -0.1) is 11.3 Å². The summed E-state index contributed by atoms with van der Waals surface area (Å²) < 4.78 is 0. The lowest BCUT2D eigenvalue weighted by Gasteiger charge is -1.91. The number of nitrogens with one attached hydrogen (secondary N) is 1. The van der Waals surface area contributed by atoms with Crippen LogP contribution in [0, 0.1) is 0 Å². The molecule has 1 heterocycles. The lowest BCUT2D eigenvalue weighted by Crippen LogP contribution is -2.05. The zero-order valence-corrected chi connectivity index (χ0v) is 6.23. The minimum absolute atomic E-state index is 0.130. The molecule has 0 aromatic carbocycles. The molecule has 5 heteroatoms. The van der Waals surface area contributed by atoms with Crippen LogP contribution in [0.15, 0.2) is 5.38 Å². The second-order valence-electron chi connectivity index (χ2n) is 1.76. The second-order valence-corrected chi connectivity index (χ2v) is 2.62. The molecule has 0 saturated carbocycles. The van der Waals surface area contributed by atoms with Crippen molar-refractivity contribution in [3.8, 4) is 0 Å². The molecule has 4 nitrogen and oxygen atoms in total. The van der Waals surface area contributed by atoms with Crippen LogP contribution >= 0.6 is 11.3 Å². The molecule has 0 atom stereocenters. The molecule has 0 bridgehead atoms. The molecular formula is C5H7N3OS. The van der Waals surface area contributed by atoms with Gasteiger partial charge in [-0.25, -0.2) is 4.98 Å². The molecule has 0 radical (unpaired) electrons. The summed E-state index contributed by atoms with van der Waals surface area (Å²) in [5, 5.41) is 4.73. The average molecular weight is 157 g/mol. The smallest absolute Gasteiger partial charge is 0.223 e. The Morgan fingerprint density at radius 3 is 3.00 bits per heavy atom. The molecule has 0 aliphatic heterocycles. The zero-order valence-electron chi connectivity index (χ0n) is 5.42. The fourth-order valence-corrected chi connectivity index (χ4v) is 1.14. The summed E-state index contributed by atoms with van der Waals surface area (Å²) in [6, 6.07) is 0. The molecule has 0 saturated heterocycles. The number of anilines is 2. The molecule has 1 aromatic rings. The predicted octanol–water partition coefficient (Wildman–Crippen LogP) is 0.684. The fraction of sp³-hybridized carbons (Fsp3) is 0.200. The highest BCUT2D eigenvalue weighted by molar-refractivity contribution is 7.14. The topological polar surface area (TPSA) is 68.0 Å². The van der Waals surface area contributed by atoms with Crippen molar-refractivity contribution in [2.45, 2.75) is 6.92 Å². The van der Waals surface area contributed by atoms with Gasteiger partial charge >= 0.3 is 0 Å². The number of rotatable bonds is 1. The number of thiazole rings is 1. The molecule has 0 aliphatic rings. The molecular weight excluding hydrogens is 150 g/mol. The van der Waals surface area contributed by atoms with Gasteiger partial charge in [0.2, 0.25) is 5.91 Å². The van der Waals surface area contributed by atoms with E-state index in [1.54, 1.807) is 5.38 Å². The number of nitrogen functional groups attached to an aromatic ring is 1. The van der Waals surface area contributed by atoms with E-state index in [2.05, 4.69) is 10.3 Å². The van der Waals surface area contributed by atoms with Gasteiger partial charge in [0.15, 0.2) is 5.13 Å². The van der Waals surface area contributed by atoms with Crippen molar-refractivity contribution in [1.29, 1.82) is 0 Å². The number of carbonyl (C=O) groups excluding carboxylic acids is 1. The van der Waals surface area contributed by atoms with Crippen LogP contribution in [-0.4, -0.2) is 10.9 Å². The minimum Gasteiger partial charge on any atom is -0.383 e. The largest absolute Gasteiger partial charge is 0.383 e. The maximum atomic E-state index is 10.4. The highest BCUT2D eigenvalue weighted by atomic mass is 32.1. The van der Waals surface area contributed by atoms with E-state index >= 15 is 0 Å². The lowest BCUT2D eigenvalue weighted by atomic mass is 10.7. The molecule has 0 fully saturated rings. The van der Waals surface area contributed by atoms with E-state index in [1.807, 2.05) is 0 Å². The van der Waals surface area contributed by atoms with Crippen LogP contribution in [0.1, 0.15) is 6.92 Å². The summed E-state index contributed by atoms with van der Waals surface area (Å²) in [5.41, 5.74) is 5.30. The molecule has 54 valence electrons. The van der Waals surface area contributed by atoms with Gasteiger partial charge in [0, 0.05) is 12.3 Å². The van der Waals surface area contributed by atoms with E-state index in [0.717, 1.165) is 0 Å². The van der Waals surface area contributed by atoms with Crippen LogP contribution in [0.5, 0.6) is 0 Å². The van der Waals surface area contributed by atoms with Crippen molar-refractivity contribution < 1.29 is 4.79 Å². The third kappa shape index (κ3) is 1.70. The van der Waals surface area contributed by atoms with Gasteiger partial charge in [-0.2, -0.15) is 0 Å². The van der Waals surface area contributed by atoms with E-state index in [4.69, 9.17) is 5.73 Å². The number of hydrogen-bond donors (Lipinski definition) is 2. The number of aromatic nitrogens is 1. The Morgan fingerprint density at radius 1 is 1.90 bits per heavy atom. The third-order valence-electron chi connectivity index (χ3n) is 0.805. The number of hydrogen-bond acceptors (Lipinski definition) is 4. The molecule has 1 rings (SSSR count). The molecule has 1 amide bonds. The first-order valence-electron chi connectivity index (χ1n) is 2.67. The Labute approximate surface area is 62.1 Å². The Bertz CT molecular complexity index is 245. The highest BCUT2D eigenvalue weighted by Crippen LogP contribution is 2.15. The summed E-state index contributed by atoms with van der Waals surface area (Å²) in [6.45, 7) is 1.43. The van der Waals surface area contributed by atoms with Gasteiger partial charge < -0.3 is 11.1 Å². The predicted molar refractivity (Wildman–Crippen MR) is 40.8 cm³/mol. The van der Waals surface area contributed by atoms with Crippen LogP contribution in [0.2, 0.25) is 0 Å². The first-order chi connectivity index (χ1) is 4.68. The van der Waals surface area contributed by atoms with Crippen LogP contribution in [0.4, 0.5) is 10.9 Å². The second kappa shape index (κ2) is 2.66. The van der Waals surface area contributed by atoms with Crippen LogP contribution in [0.3, 0.4) is 0 Å². The summed E-state index contributed by atoms with van der Waals surface area (Å²) >= 11 is 1.31. The van der Waals surface area contributed by atoms with E-state index in [1.165, 1.54) is 18.3 Å². The van der Waals surface area contributed by atoms with Crippen molar-refractivity contribution in [2.75, 3.05) is 11.1 Å². The number of carbonyl (C=O) groups is 1. The molecule has 10 heavy (non-hydrogen) atoms. The van der Waals surface area contributed by atoms with Crippen molar-refractivity contribution in [2.24, 2.45) is 0 Å². The highest BCUT2D eigenvalue weighted by Gasteiger charge is 1.98. The molecule has 1 aromatic heterocycles. The Hall–Kier alpha value is -1.10. The van der Waals surface area contributed by atoms with Gasteiger partial charge in [0.05, 0.1) is 0 Å². The first kappa shape index (κ1) is 7.01. The normalized spacial score (nSPS) is 9.30.